The molecule has 0 spiro atoms. The molecule has 1 amide bonds. The van der Waals surface area contributed by atoms with Crippen molar-refractivity contribution in [2.45, 2.75) is 31.7 Å². The van der Waals surface area contributed by atoms with Crippen molar-refractivity contribution in [3.8, 4) is 0 Å². The molecule has 0 radical (unpaired) electrons. The third-order valence-corrected chi connectivity index (χ3v) is 4.16. The van der Waals surface area contributed by atoms with Gasteiger partial charge in [-0.3, -0.25) is 14.5 Å². The van der Waals surface area contributed by atoms with Crippen LogP contribution in [0.4, 0.5) is 0 Å². The first kappa shape index (κ1) is 12.4. The maximum absolute atomic E-state index is 12.5. The van der Waals surface area contributed by atoms with Gasteiger partial charge in [-0.1, -0.05) is 0 Å². The molecule has 1 fully saturated rings. The van der Waals surface area contributed by atoms with Crippen molar-refractivity contribution in [3.05, 3.63) is 33.8 Å². The summed E-state index contributed by atoms with van der Waals surface area (Å²) in [6.07, 6.45) is 2.91. The summed E-state index contributed by atoms with van der Waals surface area (Å²) < 4.78 is 1.59. The van der Waals surface area contributed by atoms with Gasteiger partial charge in [0.15, 0.2) is 0 Å². The standard InChI is InChI=1S/C13H16N6O2/c20-12(10-7-9(14-15-10)8-1-2-8)18-4-3-11-16-17-13(21)19(11)6-5-18/h7-8H,1-6H2,(H,14,15)(H,17,21). The minimum Gasteiger partial charge on any atom is -0.335 e. The van der Waals surface area contributed by atoms with Gasteiger partial charge in [0.05, 0.1) is 0 Å². The number of fused-ring (bicyclic) bond motifs is 1. The predicted octanol–water partition coefficient (Wildman–Crippen LogP) is -0.130. The molecule has 2 aromatic heterocycles. The van der Waals surface area contributed by atoms with Gasteiger partial charge >= 0.3 is 5.69 Å². The fraction of sp³-hybridized carbons (Fsp3) is 0.538. The van der Waals surface area contributed by atoms with Crippen LogP contribution >= 0.6 is 0 Å². The number of nitrogens with zero attached hydrogens (tertiary/aromatic N) is 4. The monoisotopic (exact) mass is 288 g/mol. The maximum Gasteiger partial charge on any atom is 0.343 e. The Balaban J connectivity index is 1.51. The Morgan fingerprint density at radius 1 is 1.19 bits per heavy atom. The van der Waals surface area contributed by atoms with E-state index in [0.29, 0.717) is 43.5 Å². The predicted molar refractivity (Wildman–Crippen MR) is 73.0 cm³/mol. The molecule has 110 valence electrons. The molecule has 8 heteroatoms. The zero-order valence-electron chi connectivity index (χ0n) is 11.5. The number of H-pyrrole nitrogens is 2. The van der Waals surface area contributed by atoms with Crippen molar-refractivity contribution >= 4 is 5.91 Å². The van der Waals surface area contributed by atoms with Crippen LogP contribution < -0.4 is 5.69 Å². The lowest BCUT2D eigenvalue weighted by atomic mass is 10.2. The molecule has 4 rings (SSSR count). The fourth-order valence-corrected chi connectivity index (χ4v) is 2.75. The van der Waals surface area contributed by atoms with Gasteiger partial charge in [-0.2, -0.15) is 10.2 Å². The number of aromatic nitrogens is 5. The van der Waals surface area contributed by atoms with E-state index >= 15 is 0 Å². The second kappa shape index (κ2) is 4.57. The number of rotatable bonds is 2. The molecule has 1 aliphatic carbocycles. The van der Waals surface area contributed by atoms with E-state index in [9.17, 15) is 9.59 Å². The number of carbonyl (C=O) groups excluding carboxylic acids is 1. The van der Waals surface area contributed by atoms with Crippen molar-refractivity contribution in [2.75, 3.05) is 13.1 Å². The molecule has 0 bridgehead atoms. The molecule has 1 aliphatic heterocycles. The van der Waals surface area contributed by atoms with E-state index in [-0.39, 0.29) is 11.6 Å². The highest BCUT2D eigenvalue weighted by Crippen LogP contribution is 2.39. The number of carbonyl (C=O) groups is 1. The molecule has 21 heavy (non-hydrogen) atoms. The van der Waals surface area contributed by atoms with Crippen molar-refractivity contribution in [3.63, 3.8) is 0 Å². The van der Waals surface area contributed by atoms with E-state index in [1.807, 2.05) is 6.07 Å². The van der Waals surface area contributed by atoms with Crippen molar-refractivity contribution < 1.29 is 4.79 Å². The fourth-order valence-electron chi connectivity index (χ4n) is 2.75. The van der Waals surface area contributed by atoms with Crippen LogP contribution in [0.3, 0.4) is 0 Å². The summed E-state index contributed by atoms with van der Waals surface area (Å²) in [5.41, 5.74) is 1.30. The average molecular weight is 288 g/mol. The summed E-state index contributed by atoms with van der Waals surface area (Å²) >= 11 is 0. The van der Waals surface area contributed by atoms with E-state index < -0.39 is 0 Å². The minimum atomic E-state index is -0.213. The second-order valence-electron chi connectivity index (χ2n) is 5.62. The maximum atomic E-state index is 12.5. The van der Waals surface area contributed by atoms with Crippen molar-refractivity contribution in [1.82, 2.24) is 29.9 Å². The highest BCUT2D eigenvalue weighted by atomic mass is 16.2. The van der Waals surface area contributed by atoms with Gasteiger partial charge < -0.3 is 4.90 Å². The highest BCUT2D eigenvalue weighted by Gasteiger charge is 2.28. The molecule has 8 nitrogen and oxygen atoms in total. The van der Waals surface area contributed by atoms with Gasteiger partial charge in [-0.05, 0) is 18.9 Å². The normalized spacial score (nSPS) is 18.4. The van der Waals surface area contributed by atoms with Gasteiger partial charge in [0, 0.05) is 37.7 Å². The molecule has 0 unspecified atom stereocenters. The van der Waals surface area contributed by atoms with Gasteiger partial charge in [0.1, 0.15) is 11.5 Å². The Hall–Kier alpha value is -2.38. The van der Waals surface area contributed by atoms with Gasteiger partial charge in [-0.15, -0.1) is 0 Å². The Bertz CT molecular complexity index is 738. The van der Waals surface area contributed by atoms with Crippen molar-refractivity contribution in [2.24, 2.45) is 0 Å². The summed E-state index contributed by atoms with van der Waals surface area (Å²) in [6.45, 7) is 1.52. The van der Waals surface area contributed by atoms with E-state index in [2.05, 4.69) is 20.4 Å². The van der Waals surface area contributed by atoms with E-state index in [4.69, 9.17) is 0 Å². The van der Waals surface area contributed by atoms with Crippen LogP contribution in [0, 0.1) is 0 Å². The molecule has 2 aromatic rings. The number of hydrogen-bond acceptors (Lipinski definition) is 4. The van der Waals surface area contributed by atoms with Crippen LogP contribution in [0.5, 0.6) is 0 Å². The van der Waals surface area contributed by atoms with Crippen molar-refractivity contribution in [1.29, 1.82) is 0 Å². The van der Waals surface area contributed by atoms with Crippen LogP contribution in [0.25, 0.3) is 0 Å². The molecular formula is C13H16N6O2. The third kappa shape index (κ3) is 2.16. The summed E-state index contributed by atoms with van der Waals surface area (Å²) in [6, 6.07) is 1.86. The van der Waals surface area contributed by atoms with Gasteiger partial charge in [0.25, 0.3) is 5.91 Å². The first-order valence-corrected chi connectivity index (χ1v) is 7.21. The molecule has 1 saturated carbocycles. The van der Waals surface area contributed by atoms with Crippen LogP contribution in [-0.4, -0.2) is 48.9 Å². The van der Waals surface area contributed by atoms with Crippen LogP contribution in [0.2, 0.25) is 0 Å². The number of hydrogen-bond donors (Lipinski definition) is 2. The summed E-state index contributed by atoms with van der Waals surface area (Å²) in [5, 5.41) is 13.5. The Kier molecular flexibility index (Phi) is 2.69. The number of amides is 1. The lowest BCUT2D eigenvalue weighted by Gasteiger charge is -2.18. The SMILES string of the molecule is O=C(c1cc(C2CC2)[nH]n1)N1CCc2n[nH]c(=O)n2CC1. The largest absolute Gasteiger partial charge is 0.343 e. The molecule has 0 aromatic carbocycles. The zero-order chi connectivity index (χ0) is 14.4. The molecule has 0 saturated heterocycles. The minimum absolute atomic E-state index is 0.0830. The highest BCUT2D eigenvalue weighted by molar-refractivity contribution is 5.92. The Morgan fingerprint density at radius 2 is 2.05 bits per heavy atom. The topological polar surface area (TPSA) is 99.7 Å². The van der Waals surface area contributed by atoms with E-state index in [1.165, 1.54) is 12.8 Å². The smallest absolute Gasteiger partial charge is 0.335 e. The summed E-state index contributed by atoms with van der Waals surface area (Å²) in [7, 11) is 0. The Morgan fingerprint density at radius 3 is 2.86 bits per heavy atom. The van der Waals surface area contributed by atoms with Crippen LogP contribution in [-0.2, 0) is 13.0 Å². The van der Waals surface area contributed by atoms with Gasteiger partial charge in [-0.25, -0.2) is 9.89 Å². The molecule has 0 atom stereocenters. The quantitative estimate of drug-likeness (QED) is 0.804. The third-order valence-electron chi connectivity index (χ3n) is 4.16. The molecule has 3 heterocycles. The molecular weight excluding hydrogens is 272 g/mol. The van der Waals surface area contributed by atoms with Crippen LogP contribution in [0.1, 0.15) is 40.8 Å². The average Bonchev–Trinajstić information content (AvgIpc) is 3.18. The number of aromatic amines is 2. The second-order valence-corrected chi connectivity index (χ2v) is 5.62. The zero-order valence-corrected chi connectivity index (χ0v) is 11.5. The van der Waals surface area contributed by atoms with Gasteiger partial charge in [0.2, 0.25) is 0 Å². The summed E-state index contributed by atoms with van der Waals surface area (Å²) in [5.74, 6) is 1.17. The van der Waals surface area contributed by atoms with E-state index in [1.54, 1.807) is 9.47 Å². The summed E-state index contributed by atoms with van der Waals surface area (Å²) in [4.78, 5) is 25.8. The van der Waals surface area contributed by atoms with E-state index in [0.717, 1.165) is 5.69 Å². The van der Waals surface area contributed by atoms with Crippen LogP contribution in [0.15, 0.2) is 10.9 Å². The lowest BCUT2D eigenvalue weighted by molar-refractivity contribution is 0.0752. The first-order chi connectivity index (χ1) is 10.2. The Labute approximate surface area is 120 Å². The molecule has 2 aliphatic rings. The first-order valence-electron chi connectivity index (χ1n) is 7.21. The molecule has 2 N–H and O–H groups in total. The number of nitrogens with one attached hydrogen (secondary N) is 2. The lowest BCUT2D eigenvalue weighted by Crippen LogP contribution is -2.34.